The van der Waals surface area contributed by atoms with Crippen molar-refractivity contribution in [2.24, 2.45) is 17.8 Å². The van der Waals surface area contributed by atoms with Crippen molar-refractivity contribution in [3.05, 3.63) is 82.0 Å². The predicted octanol–water partition coefficient (Wildman–Crippen LogP) is 9.38. The topological polar surface area (TPSA) is 0 Å². The van der Waals surface area contributed by atoms with E-state index in [1.807, 2.05) is 0 Å². The molecule has 0 spiro atoms. The van der Waals surface area contributed by atoms with Crippen LogP contribution in [-0.4, -0.2) is 0 Å². The zero-order valence-corrected chi connectivity index (χ0v) is 24.1. The average Bonchev–Trinajstić information content (AvgIpc) is 3.28. The van der Waals surface area contributed by atoms with Gasteiger partial charge in [0.15, 0.2) is 0 Å². The third-order valence-electron chi connectivity index (χ3n) is 8.93. The molecule has 2 bridgehead atoms. The summed E-state index contributed by atoms with van der Waals surface area (Å²) in [7, 11) is 13.8. The van der Waals surface area contributed by atoms with Crippen LogP contribution in [0.2, 0.25) is 3.67 Å². The van der Waals surface area contributed by atoms with Crippen LogP contribution in [0.4, 0.5) is 0 Å². The zero-order chi connectivity index (χ0) is 22.0. The Labute approximate surface area is 207 Å². The molecule has 0 aromatic heterocycles. The minimum absolute atomic E-state index is 0.469. The molecule has 2 aromatic carbocycles. The summed E-state index contributed by atoms with van der Waals surface area (Å²) < 4.78 is 0.469. The number of benzene rings is 2. The van der Waals surface area contributed by atoms with Gasteiger partial charge in [0.25, 0.3) is 0 Å². The monoisotopic (exact) mass is 629 g/mol. The molecule has 2 aromatic rings. The van der Waals surface area contributed by atoms with Gasteiger partial charge in [-0.1, -0.05) is 0 Å². The Hall–Kier alpha value is -0.630. The van der Waals surface area contributed by atoms with Gasteiger partial charge in [-0.2, -0.15) is 0 Å². The average molecular weight is 629 g/mol. The van der Waals surface area contributed by atoms with E-state index in [-0.39, 0.29) is 0 Å². The molecule has 0 saturated heterocycles. The molecule has 1 saturated carbocycles. The number of halogens is 2. The third-order valence-corrected chi connectivity index (χ3v) is 16.6. The summed E-state index contributed by atoms with van der Waals surface area (Å²) in [6.07, 6.45) is 7.46. The molecule has 165 valence electrons. The Morgan fingerprint density at radius 3 is 2.12 bits per heavy atom. The molecule has 0 radical (unpaired) electrons. The van der Waals surface area contributed by atoms with Gasteiger partial charge in [0.2, 0.25) is 0 Å². The van der Waals surface area contributed by atoms with Crippen molar-refractivity contribution >= 4 is 17.2 Å². The van der Waals surface area contributed by atoms with E-state index in [1.54, 1.807) is 33.4 Å². The van der Waals surface area contributed by atoms with Gasteiger partial charge >= 0.3 is 209 Å². The van der Waals surface area contributed by atoms with E-state index in [2.05, 4.69) is 62.4 Å². The van der Waals surface area contributed by atoms with E-state index in [0.29, 0.717) is 21.4 Å². The predicted molar refractivity (Wildman–Crippen MR) is 133 cm³/mol. The molecule has 6 rings (SSSR count). The van der Waals surface area contributed by atoms with Gasteiger partial charge in [0.05, 0.1) is 0 Å². The van der Waals surface area contributed by atoms with Crippen molar-refractivity contribution in [2.45, 2.75) is 62.0 Å². The first-order valence-corrected chi connectivity index (χ1v) is 23.4. The molecular weight excluding hydrogens is 598 g/mol. The molecule has 0 nitrogen and oxygen atoms in total. The minimum atomic E-state index is -2.61. The number of allylic oxidation sites excluding steroid dienone is 4. The number of fused-ring (bicyclic) bond motifs is 4. The van der Waals surface area contributed by atoms with Crippen LogP contribution in [-0.2, 0) is 19.1 Å². The molecular formula is C29H31Cl2Hf. The van der Waals surface area contributed by atoms with Gasteiger partial charge < -0.3 is 0 Å². The van der Waals surface area contributed by atoms with Gasteiger partial charge in [-0.3, -0.25) is 0 Å². The summed E-state index contributed by atoms with van der Waals surface area (Å²) in [4.78, 5) is 0. The molecule has 3 heteroatoms. The van der Waals surface area contributed by atoms with Crippen LogP contribution in [0, 0.1) is 17.8 Å². The van der Waals surface area contributed by atoms with Crippen LogP contribution in [0.15, 0.2) is 70.8 Å². The van der Waals surface area contributed by atoms with Crippen LogP contribution in [0.3, 0.4) is 0 Å². The number of hydrogen-bond acceptors (Lipinski definition) is 0. The summed E-state index contributed by atoms with van der Waals surface area (Å²) >= 11 is -2.61. The summed E-state index contributed by atoms with van der Waals surface area (Å²) in [6.45, 7) is 4.84. The van der Waals surface area contributed by atoms with E-state index >= 15 is 0 Å². The van der Waals surface area contributed by atoms with Gasteiger partial charge in [-0.25, -0.2) is 0 Å². The Balaban J connectivity index is 1.44. The molecule has 0 aliphatic heterocycles. The van der Waals surface area contributed by atoms with E-state index < -0.39 is 19.1 Å². The second-order valence-electron chi connectivity index (χ2n) is 10.3. The zero-order valence-electron chi connectivity index (χ0n) is 19.0. The van der Waals surface area contributed by atoms with Gasteiger partial charge in [-0.05, 0) is 0 Å². The van der Waals surface area contributed by atoms with Crippen molar-refractivity contribution < 1.29 is 19.1 Å². The van der Waals surface area contributed by atoms with Crippen molar-refractivity contribution in [1.82, 2.24) is 0 Å². The molecule has 0 amide bonds. The summed E-state index contributed by atoms with van der Waals surface area (Å²) in [5, 5.41) is 0. The summed E-state index contributed by atoms with van der Waals surface area (Å²) in [6, 6.07) is 18.4. The normalized spacial score (nSPS) is 28.6. The van der Waals surface area contributed by atoms with Crippen molar-refractivity contribution in [3.8, 4) is 11.1 Å². The van der Waals surface area contributed by atoms with Crippen LogP contribution >= 0.6 is 17.2 Å². The first kappa shape index (κ1) is 21.9. The molecule has 4 aliphatic carbocycles. The third kappa shape index (κ3) is 3.17. The van der Waals surface area contributed by atoms with Crippen molar-refractivity contribution in [1.29, 1.82) is 0 Å². The summed E-state index contributed by atoms with van der Waals surface area (Å²) in [5.41, 5.74) is 12.8. The maximum atomic E-state index is 6.88. The second kappa shape index (κ2) is 8.54. The second-order valence-corrected chi connectivity index (χ2v) is 22.7. The van der Waals surface area contributed by atoms with Crippen LogP contribution in [0.25, 0.3) is 11.1 Å². The van der Waals surface area contributed by atoms with E-state index in [9.17, 15) is 0 Å². The van der Waals surface area contributed by atoms with Gasteiger partial charge in [0, 0.05) is 0 Å². The molecule has 0 N–H and O–H groups in total. The first-order valence-electron chi connectivity index (χ1n) is 12.4. The summed E-state index contributed by atoms with van der Waals surface area (Å²) in [5.74, 6) is 2.60. The SMILES string of the molecule is CCCC1=C2CCC3C(C)C2=C(CCC3C2c3ccccc3-c3ccccc32)[CH]1[Hf]([Cl])[Cl]. The quantitative estimate of drug-likeness (QED) is 0.296. The number of hydrogen-bond donors (Lipinski definition) is 0. The van der Waals surface area contributed by atoms with E-state index in [4.69, 9.17) is 17.2 Å². The fourth-order valence-electron chi connectivity index (χ4n) is 7.84. The van der Waals surface area contributed by atoms with Crippen LogP contribution in [0.1, 0.15) is 69.4 Å². The van der Waals surface area contributed by atoms with Gasteiger partial charge in [-0.15, -0.1) is 0 Å². The van der Waals surface area contributed by atoms with Crippen molar-refractivity contribution in [3.63, 3.8) is 0 Å². The van der Waals surface area contributed by atoms with E-state index in [1.165, 1.54) is 49.7 Å². The first-order chi connectivity index (χ1) is 15.6. The molecule has 1 fully saturated rings. The van der Waals surface area contributed by atoms with Gasteiger partial charge in [0.1, 0.15) is 0 Å². The van der Waals surface area contributed by atoms with Crippen LogP contribution in [0.5, 0.6) is 0 Å². The van der Waals surface area contributed by atoms with E-state index in [0.717, 1.165) is 5.92 Å². The molecule has 0 heterocycles. The Morgan fingerprint density at radius 2 is 1.50 bits per heavy atom. The Bertz CT molecular complexity index is 1080. The number of rotatable bonds is 4. The molecule has 4 atom stereocenters. The standard InChI is InChI=1S/C29H31.2ClH.Hf/c1-3-8-19-17-20-13-14-27(21-15-16-22(19)28(20)18(21)2)29-25-11-6-4-9-23(25)24-10-5-7-12-26(24)29;;;/h4-7,9-12,17-18,21,27,29H,3,8,13-16H2,1-2H3;2*1H;/q;;;+2/p-2. The molecule has 4 unspecified atom stereocenters. The fourth-order valence-corrected chi connectivity index (χ4v) is 16.3. The molecule has 32 heavy (non-hydrogen) atoms. The fraction of sp³-hybridized carbons (Fsp3) is 0.448. The van der Waals surface area contributed by atoms with Crippen LogP contribution < -0.4 is 0 Å². The Kier molecular flexibility index (Phi) is 5.84. The molecule has 4 aliphatic rings. The maximum absolute atomic E-state index is 6.88. The Morgan fingerprint density at radius 1 is 0.875 bits per heavy atom. The van der Waals surface area contributed by atoms with Crippen molar-refractivity contribution in [2.75, 3.05) is 0 Å².